The minimum Gasteiger partial charge on any atom is -0.337 e. The van der Waals surface area contributed by atoms with Gasteiger partial charge in [-0.2, -0.15) is 0 Å². The van der Waals surface area contributed by atoms with Crippen molar-refractivity contribution in [3.05, 3.63) is 30.1 Å². The van der Waals surface area contributed by atoms with E-state index in [9.17, 15) is 0 Å². The standard InChI is InChI=1S/C18H25N7S/c1-14(2)7-8-25-17(20-21-22-25)13-23-9-11-24(12-10-23)18-19-15-5-3-4-6-16(15)26-18/h3-6,14H,7-13H2,1-2H3/p+1. The average Bonchev–Trinajstić information content (AvgIpc) is 3.27. The van der Waals surface area contributed by atoms with Crippen molar-refractivity contribution in [1.82, 2.24) is 25.2 Å². The van der Waals surface area contributed by atoms with E-state index in [1.165, 1.54) is 4.70 Å². The van der Waals surface area contributed by atoms with Crippen molar-refractivity contribution in [2.24, 2.45) is 5.92 Å². The Morgan fingerprint density at radius 1 is 1.19 bits per heavy atom. The van der Waals surface area contributed by atoms with E-state index in [4.69, 9.17) is 4.98 Å². The van der Waals surface area contributed by atoms with Gasteiger partial charge in [0.25, 0.3) is 0 Å². The molecule has 1 fully saturated rings. The molecular weight excluding hydrogens is 346 g/mol. The Kier molecular flexibility index (Phi) is 5.12. The van der Waals surface area contributed by atoms with Crippen molar-refractivity contribution in [1.29, 1.82) is 0 Å². The number of hydrogen-bond acceptors (Lipinski definition) is 6. The summed E-state index contributed by atoms with van der Waals surface area (Å²) in [5.74, 6) is 1.67. The Balaban J connectivity index is 1.34. The number of aryl methyl sites for hydroxylation is 1. The summed E-state index contributed by atoms with van der Waals surface area (Å²) in [4.78, 5) is 8.75. The zero-order valence-corrected chi connectivity index (χ0v) is 16.2. The number of quaternary nitrogens is 1. The molecule has 0 spiro atoms. The van der Waals surface area contributed by atoms with Gasteiger partial charge < -0.3 is 9.80 Å². The summed E-state index contributed by atoms with van der Waals surface area (Å²) in [6, 6.07) is 8.37. The zero-order chi connectivity index (χ0) is 17.9. The molecule has 1 aliphatic heterocycles. The van der Waals surface area contributed by atoms with E-state index in [-0.39, 0.29) is 0 Å². The average molecular weight is 373 g/mol. The van der Waals surface area contributed by atoms with Gasteiger partial charge in [0.2, 0.25) is 5.82 Å². The van der Waals surface area contributed by atoms with Gasteiger partial charge in [-0.25, -0.2) is 9.67 Å². The van der Waals surface area contributed by atoms with Crippen molar-refractivity contribution in [2.75, 3.05) is 31.1 Å². The van der Waals surface area contributed by atoms with Gasteiger partial charge in [0.1, 0.15) is 6.54 Å². The summed E-state index contributed by atoms with van der Waals surface area (Å²) in [6.45, 7) is 10.5. The SMILES string of the molecule is CC(C)CCn1nnnc1C[NH+]1CCN(c2nc3ccccc3s2)CC1. The third-order valence-electron chi connectivity index (χ3n) is 4.96. The summed E-state index contributed by atoms with van der Waals surface area (Å²) in [5, 5.41) is 13.4. The molecule has 7 nitrogen and oxygen atoms in total. The summed E-state index contributed by atoms with van der Waals surface area (Å²) < 4.78 is 3.24. The normalized spacial score (nSPS) is 16.0. The van der Waals surface area contributed by atoms with Gasteiger partial charge in [0, 0.05) is 6.54 Å². The summed E-state index contributed by atoms with van der Waals surface area (Å²) in [6.07, 6.45) is 1.11. The highest BCUT2D eigenvalue weighted by atomic mass is 32.1. The fourth-order valence-electron chi connectivity index (χ4n) is 3.31. The molecule has 0 unspecified atom stereocenters. The van der Waals surface area contributed by atoms with Crippen molar-refractivity contribution in [2.45, 2.75) is 33.4 Å². The highest BCUT2D eigenvalue weighted by Gasteiger charge is 2.24. The molecule has 0 saturated carbocycles. The Morgan fingerprint density at radius 3 is 2.77 bits per heavy atom. The lowest BCUT2D eigenvalue weighted by molar-refractivity contribution is -0.915. The predicted octanol–water partition coefficient (Wildman–Crippen LogP) is 1.23. The Morgan fingerprint density at radius 2 is 2.00 bits per heavy atom. The molecule has 0 aliphatic carbocycles. The molecule has 4 rings (SSSR count). The molecule has 0 radical (unpaired) electrons. The lowest BCUT2D eigenvalue weighted by Crippen LogP contribution is -3.13. The first kappa shape index (κ1) is 17.4. The van der Waals surface area contributed by atoms with Crippen LogP contribution in [0.25, 0.3) is 10.2 Å². The zero-order valence-electron chi connectivity index (χ0n) is 15.4. The van der Waals surface area contributed by atoms with Crippen LogP contribution in [-0.2, 0) is 13.1 Å². The number of aromatic nitrogens is 5. The summed E-state index contributed by atoms with van der Waals surface area (Å²) >= 11 is 1.79. The number of tetrazole rings is 1. The first-order chi connectivity index (χ1) is 12.7. The number of thiazole rings is 1. The number of piperazine rings is 1. The van der Waals surface area contributed by atoms with Gasteiger partial charge in [-0.3, -0.25) is 0 Å². The molecule has 0 atom stereocenters. The molecule has 1 N–H and O–H groups in total. The Bertz CT molecular complexity index is 815. The molecule has 1 aromatic carbocycles. The third-order valence-corrected chi connectivity index (χ3v) is 6.05. The lowest BCUT2D eigenvalue weighted by Gasteiger charge is -2.31. The molecule has 26 heavy (non-hydrogen) atoms. The van der Waals surface area contributed by atoms with Crippen molar-refractivity contribution in [3.63, 3.8) is 0 Å². The molecule has 3 aromatic rings. The number of para-hydroxylation sites is 1. The second-order valence-corrected chi connectivity index (χ2v) is 8.39. The number of rotatable bonds is 6. The van der Waals surface area contributed by atoms with Crippen LogP contribution in [0.2, 0.25) is 0 Å². The monoisotopic (exact) mass is 372 g/mol. The van der Waals surface area contributed by atoms with Crippen LogP contribution in [-0.4, -0.2) is 51.4 Å². The predicted molar refractivity (Wildman–Crippen MR) is 104 cm³/mol. The van der Waals surface area contributed by atoms with Gasteiger partial charge in [-0.1, -0.05) is 37.3 Å². The molecule has 2 aromatic heterocycles. The maximum atomic E-state index is 4.79. The molecule has 0 amide bonds. The van der Waals surface area contributed by atoms with E-state index < -0.39 is 0 Å². The Hall–Kier alpha value is -2.06. The first-order valence-electron chi connectivity index (χ1n) is 9.38. The van der Waals surface area contributed by atoms with Crippen molar-refractivity contribution in [3.8, 4) is 0 Å². The number of fused-ring (bicyclic) bond motifs is 1. The molecule has 1 saturated heterocycles. The second-order valence-electron chi connectivity index (χ2n) is 7.38. The minimum absolute atomic E-state index is 0.664. The van der Waals surface area contributed by atoms with Crippen LogP contribution < -0.4 is 9.80 Å². The van der Waals surface area contributed by atoms with E-state index >= 15 is 0 Å². The fraction of sp³-hybridized carbons (Fsp3) is 0.556. The Labute approximate surface area is 157 Å². The number of hydrogen-bond donors (Lipinski definition) is 1. The van der Waals surface area contributed by atoms with Gasteiger partial charge >= 0.3 is 0 Å². The van der Waals surface area contributed by atoms with E-state index in [1.807, 2.05) is 4.68 Å². The molecule has 1 aliphatic rings. The van der Waals surface area contributed by atoms with E-state index in [2.05, 4.69) is 58.5 Å². The quantitative estimate of drug-likeness (QED) is 0.705. The van der Waals surface area contributed by atoms with Crippen LogP contribution in [0.1, 0.15) is 26.1 Å². The minimum atomic E-state index is 0.664. The van der Waals surface area contributed by atoms with Gasteiger partial charge in [-0.05, 0) is 34.9 Å². The molecule has 8 heteroatoms. The first-order valence-corrected chi connectivity index (χ1v) is 10.2. The van der Waals surface area contributed by atoms with Crippen molar-refractivity contribution < 1.29 is 4.90 Å². The molecule has 3 heterocycles. The third kappa shape index (κ3) is 3.86. The number of nitrogens with one attached hydrogen (secondary N) is 1. The topological polar surface area (TPSA) is 64.2 Å². The van der Waals surface area contributed by atoms with Gasteiger partial charge in [-0.15, -0.1) is 5.10 Å². The highest BCUT2D eigenvalue weighted by molar-refractivity contribution is 7.22. The maximum Gasteiger partial charge on any atom is 0.206 e. The van der Waals surface area contributed by atoms with Gasteiger partial charge in [0.15, 0.2) is 5.13 Å². The number of nitrogens with zero attached hydrogens (tertiary/aromatic N) is 6. The summed E-state index contributed by atoms with van der Waals surface area (Å²) in [5.41, 5.74) is 1.10. The number of benzene rings is 1. The van der Waals surface area contributed by atoms with E-state index in [0.717, 1.165) is 62.2 Å². The van der Waals surface area contributed by atoms with Crippen LogP contribution in [0.4, 0.5) is 5.13 Å². The second kappa shape index (κ2) is 7.67. The van der Waals surface area contributed by atoms with E-state index in [0.29, 0.717) is 5.92 Å². The van der Waals surface area contributed by atoms with Crippen LogP contribution >= 0.6 is 11.3 Å². The largest absolute Gasteiger partial charge is 0.337 e. The smallest absolute Gasteiger partial charge is 0.206 e. The number of anilines is 1. The highest BCUT2D eigenvalue weighted by Crippen LogP contribution is 2.28. The van der Waals surface area contributed by atoms with Crippen molar-refractivity contribution >= 4 is 26.7 Å². The van der Waals surface area contributed by atoms with Gasteiger partial charge in [0.05, 0.1) is 36.4 Å². The lowest BCUT2D eigenvalue weighted by atomic mass is 10.1. The molecule has 138 valence electrons. The fourth-order valence-corrected chi connectivity index (χ4v) is 4.33. The molecule has 0 bridgehead atoms. The molecular formula is C18H26N7S+. The van der Waals surface area contributed by atoms with Crippen LogP contribution in [0.15, 0.2) is 24.3 Å². The van der Waals surface area contributed by atoms with Crippen LogP contribution in [0.5, 0.6) is 0 Å². The van der Waals surface area contributed by atoms with E-state index in [1.54, 1.807) is 16.2 Å². The summed E-state index contributed by atoms with van der Waals surface area (Å²) in [7, 11) is 0. The maximum absolute atomic E-state index is 4.79. The van der Waals surface area contributed by atoms with Crippen LogP contribution in [0, 0.1) is 5.92 Å². The van der Waals surface area contributed by atoms with Crippen LogP contribution in [0.3, 0.4) is 0 Å².